The van der Waals surface area contributed by atoms with Crippen molar-refractivity contribution in [3.63, 3.8) is 0 Å². The van der Waals surface area contributed by atoms with Crippen LogP contribution in [0.1, 0.15) is 37.0 Å². The molecule has 0 aliphatic rings. The van der Waals surface area contributed by atoms with Crippen LogP contribution in [0.2, 0.25) is 0 Å². The summed E-state index contributed by atoms with van der Waals surface area (Å²) in [5, 5.41) is 5.01. The second-order valence-corrected chi connectivity index (χ2v) is 5.57. The highest BCUT2D eigenvalue weighted by Gasteiger charge is 2.31. The molecule has 0 bridgehead atoms. The van der Waals surface area contributed by atoms with Gasteiger partial charge in [-0.25, -0.2) is 0 Å². The Morgan fingerprint density at radius 2 is 1.76 bits per heavy atom. The molecular weight excluding hydrogens is 280 g/mol. The van der Waals surface area contributed by atoms with Crippen LogP contribution in [0.15, 0.2) is 42.5 Å². The topological polar surface area (TPSA) is 55.1 Å². The fraction of sp³-hybridized carbons (Fsp3) is 0.294. The molecule has 0 fully saturated rings. The summed E-state index contributed by atoms with van der Waals surface area (Å²) in [7, 11) is 0. The molecule has 0 aliphatic heterocycles. The second-order valence-electron chi connectivity index (χ2n) is 5.13. The van der Waals surface area contributed by atoms with E-state index in [1.54, 1.807) is 0 Å². The van der Waals surface area contributed by atoms with Crippen LogP contribution in [-0.2, 0) is 0 Å². The predicted octanol–water partition coefficient (Wildman–Crippen LogP) is 3.41. The van der Waals surface area contributed by atoms with Gasteiger partial charge in [-0.05, 0) is 29.7 Å². The largest absolute Gasteiger partial charge is 0.391 e. The maximum Gasteiger partial charge on any atom is 0.252 e. The zero-order valence-corrected chi connectivity index (χ0v) is 13.2. The standard InChI is InChI=1S/C17H20N2OS/c1-3-17(4-2,16(18)21)19-15(20)14-11-7-9-12-8-5-6-10-13(12)14/h5-11H,3-4H2,1-2H3,(H2,18,21)(H,19,20). The molecule has 2 aromatic rings. The molecule has 3 N–H and O–H groups in total. The van der Waals surface area contributed by atoms with Gasteiger partial charge in [-0.15, -0.1) is 0 Å². The van der Waals surface area contributed by atoms with Crippen molar-refractivity contribution in [3.05, 3.63) is 48.0 Å². The highest BCUT2D eigenvalue weighted by Crippen LogP contribution is 2.21. The molecule has 4 heteroatoms. The summed E-state index contributed by atoms with van der Waals surface area (Å²) in [5.41, 5.74) is 5.88. The molecule has 2 rings (SSSR count). The summed E-state index contributed by atoms with van der Waals surface area (Å²) < 4.78 is 0. The fourth-order valence-corrected chi connectivity index (χ4v) is 2.88. The van der Waals surface area contributed by atoms with Crippen molar-refractivity contribution in [2.45, 2.75) is 32.2 Å². The number of amides is 1. The first-order valence-electron chi connectivity index (χ1n) is 7.14. The van der Waals surface area contributed by atoms with Crippen LogP contribution >= 0.6 is 12.2 Å². The molecule has 0 aliphatic carbocycles. The number of rotatable bonds is 5. The summed E-state index contributed by atoms with van der Waals surface area (Å²) in [6, 6.07) is 13.5. The van der Waals surface area contributed by atoms with Crippen LogP contribution in [0, 0.1) is 0 Å². The van der Waals surface area contributed by atoms with Gasteiger partial charge >= 0.3 is 0 Å². The van der Waals surface area contributed by atoms with E-state index in [1.165, 1.54) is 0 Å². The van der Waals surface area contributed by atoms with Gasteiger partial charge in [-0.2, -0.15) is 0 Å². The van der Waals surface area contributed by atoms with Crippen LogP contribution in [0.3, 0.4) is 0 Å². The number of hydrogen-bond donors (Lipinski definition) is 2. The van der Waals surface area contributed by atoms with E-state index in [1.807, 2.05) is 56.3 Å². The molecule has 0 aromatic heterocycles. The Labute approximate surface area is 130 Å². The minimum atomic E-state index is -0.622. The van der Waals surface area contributed by atoms with E-state index in [0.29, 0.717) is 23.4 Å². The van der Waals surface area contributed by atoms with Gasteiger partial charge in [0.25, 0.3) is 5.91 Å². The highest BCUT2D eigenvalue weighted by molar-refractivity contribution is 7.80. The van der Waals surface area contributed by atoms with Crippen LogP contribution < -0.4 is 11.1 Å². The van der Waals surface area contributed by atoms with Gasteiger partial charge in [0.15, 0.2) is 0 Å². The highest BCUT2D eigenvalue weighted by atomic mass is 32.1. The van der Waals surface area contributed by atoms with E-state index in [0.717, 1.165) is 10.8 Å². The molecule has 0 radical (unpaired) electrons. The molecule has 0 unspecified atom stereocenters. The molecule has 0 saturated heterocycles. The number of fused-ring (bicyclic) bond motifs is 1. The van der Waals surface area contributed by atoms with Gasteiger partial charge in [0, 0.05) is 5.56 Å². The molecule has 0 atom stereocenters. The van der Waals surface area contributed by atoms with E-state index in [2.05, 4.69) is 5.32 Å². The molecule has 3 nitrogen and oxygen atoms in total. The first-order valence-corrected chi connectivity index (χ1v) is 7.55. The monoisotopic (exact) mass is 300 g/mol. The lowest BCUT2D eigenvalue weighted by atomic mass is 9.92. The Hall–Kier alpha value is -1.94. The molecule has 0 heterocycles. The first-order chi connectivity index (χ1) is 10.0. The third-order valence-electron chi connectivity index (χ3n) is 4.07. The van der Waals surface area contributed by atoms with Gasteiger partial charge in [-0.1, -0.05) is 62.5 Å². The molecule has 0 spiro atoms. The van der Waals surface area contributed by atoms with Gasteiger partial charge in [0.2, 0.25) is 0 Å². The summed E-state index contributed by atoms with van der Waals surface area (Å²) >= 11 is 5.15. The Kier molecular flexibility index (Phi) is 4.58. The fourth-order valence-electron chi connectivity index (χ4n) is 2.54. The number of carbonyl (C=O) groups is 1. The summed E-state index contributed by atoms with van der Waals surface area (Å²) in [6.45, 7) is 3.96. The Bertz CT molecular complexity index is 672. The van der Waals surface area contributed by atoms with Gasteiger partial charge < -0.3 is 11.1 Å². The number of nitrogens with one attached hydrogen (secondary N) is 1. The average molecular weight is 300 g/mol. The molecular formula is C17H20N2OS. The van der Waals surface area contributed by atoms with E-state index < -0.39 is 5.54 Å². The average Bonchev–Trinajstić information content (AvgIpc) is 2.51. The third-order valence-corrected chi connectivity index (χ3v) is 4.46. The number of hydrogen-bond acceptors (Lipinski definition) is 2. The second kappa shape index (κ2) is 6.22. The van der Waals surface area contributed by atoms with Crippen LogP contribution in [0.25, 0.3) is 10.8 Å². The zero-order valence-electron chi connectivity index (χ0n) is 12.3. The Morgan fingerprint density at radius 1 is 1.14 bits per heavy atom. The van der Waals surface area contributed by atoms with Crippen LogP contribution in [-0.4, -0.2) is 16.4 Å². The smallest absolute Gasteiger partial charge is 0.252 e. The lowest BCUT2D eigenvalue weighted by Crippen LogP contribution is -2.56. The Balaban J connectivity index is 2.41. The van der Waals surface area contributed by atoms with Crippen molar-refractivity contribution >= 4 is 33.9 Å². The number of thiocarbonyl (C=S) groups is 1. The predicted molar refractivity (Wildman–Crippen MR) is 91.5 cm³/mol. The summed E-state index contributed by atoms with van der Waals surface area (Å²) in [6.07, 6.45) is 1.35. The van der Waals surface area contributed by atoms with Gasteiger partial charge in [0.05, 0.1) is 10.5 Å². The van der Waals surface area contributed by atoms with Crippen molar-refractivity contribution in [2.24, 2.45) is 5.73 Å². The van der Waals surface area contributed by atoms with Gasteiger partial charge in [0.1, 0.15) is 0 Å². The minimum Gasteiger partial charge on any atom is -0.391 e. The molecule has 1 amide bonds. The van der Waals surface area contributed by atoms with E-state index in [-0.39, 0.29) is 5.91 Å². The maximum absolute atomic E-state index is 12.7. The number of benzene rings is 2. The van der Waals surface area contributed by atoms with Crippen molar-refractivity contribution < 1.29 is 4.79 Å². The maximum atomic E-state index is 12.7. The lowest BCUT2D eigenvalue weighted by Gasteiger charge is -2.31. The summed E-state index contributed by atoms with van der Waals surface area (Å²) in [5.74, 6) is -0.136. The van der Waals surface area contributed by atoms with E-state index in [9.17, 15) is 4.79 Å². The van der Waals surface area contributed by atoms with Crippen molar-refractivity contribution in [1.29, 1.82) is 0 Å². The van der Waals surface area contributed by atoms with Crippen LogP contribution in [0.4, 0.5) is 0 Å². The number of carbonyl (C=O) groups excluding carboxylic acids is 1. The minimum absolute atomic E-state index is 0.136. The van der Waals surface area contributed by atoms with Crippen molar-refractivity contribution in [2.75, 3.05) is 0 Å². The van der Waals surface area contributed by atoms with E-state index >= 15 is 0 Å². The van der Waals surface area contributed by atoms with Crippen molar-refractivity contribution in [1.82, 2.24) is 5.32 Å². The van der Waals surface area contributed by atoms with Crippen molar-refractivity contribution in [3.8, 4) is 0 Å². The number of nitrogens with two attached hydrogens (primary N) is 1. The molecule has 2 aromatic carbocycles. The normalized spacial score (nSPS) is 11.3. The quantitative estimate of drug-likeness (QED) is 0.832. The summed E-state index contributed by atoms with van der Waals surface area (Å²) in [4.78, 5) is 13.0. The zero-order chi connectivity index (χ0) is 15.5. The lowest BCUT2D eigenvalue weighted by molar-refractivity contribution is 0.0921. The SMILES string of the molecule is CCC(CC)(NC(=O)c1cccc2ccccc12)C(N)=S. The Morgan fingerprint density at radius 3 is 2.38 bits per heavy atom. The first kappa shape index (κ1) is 15.4. The van der Waals surface area contributed by atoms with Gasteiger partial charge in [-0.3, -0.25) is 4.79 Å². The van der Waals surface area contributed by atoms with Crippen LogP contribution in [0.5, 0.6) is 0 Å². The molecule has 0 saturated carbocycles. The molecule has 21 heavy (non-hydrogen) atoms. The molecule has 110 valence electrons. The van der Waals surface area contributed by atoms with E-state index in [4.69, 9.17) is 18.0 Å². The third kappa shape index (κ3) is 2.90.